The summed E-state index contributed by atoms with van der Waals surface area (Å²) in [6.07, 6.45) is 8.83. The Bertz CT molecular complexity index is 756. The van der Waals surface area contributed by atoms with Crippen LogP contribution in [0, 0.1) is 12.3 Å². The van der Waals surface area contributed by atoms with Crippen LogP contribution in [0.1, 0.15) is 67.5 Å². The highest BCUT2D eigenvalue weighted by molar-refractivity contribution is 5.21. The van der Waals surface area contributed by atoms with Gasteiger partial charge >= 0.3 is 0 Å². The summed E-state index contributed by atoms with van der Waals surface area (Å²) in [6, 6.07) is 2.05. The van der Waals surface area contributed by atoms with Crippen LogP contribution in [0.3, 0.4) is 0 Å². The van der Waals surface area contributed by atoms with Crippen LogP contribution in [0.5, 0.6) is 0 Å². The molecule has 2 aliphatic heterocycles. The average molecular weight is 341 g/mol. The first-order valence-corrected chi connectivity index (χ1v) is 9.80. The van der Waals surface area contributed by atoms with E-state index in [1.807, 2.05) is 6.92 Å². The smallest absolute Gasteiger partial charge is 0.150 e. The highest BCUT2D eigenvalue weighted by Gasteiger charge is 2.57. The van der Waals surface area contributed by atoms with E-state index in [4.69, 9.17) is 4.52 Å². The van der Waals surface area contributed by atoms with Gasteiger partial charge in [-0.3, -0.25) is 4.90 Å². The Morgan fingerprint density at radius 3 is 2.84 bits per heavy atom. The van der Waals surface area contributed by atoms with E-state index >= 15 is 0 Å². The Hall–Kier alpha value is -1.69. The third-order valence-electron chi connectivity index (χ3n) is 6.55. The lowest BCUT2D eigenvalue weighted by atomic mass is 9.90. The summed E-state index contributed by atoms with van der Waals surface area (Å²) in [6.45, 7) is 6.30. The van der Waals surface area contributed by atoms with Crippen LogP contribution in [-0.4, -0.2) is 37.9 Å². The molecule has 2 aromatic heterocycles. The summed E-state index contributed by atoms with van der Waals surface area (Å²) >= 11 is 0. The molecule has 25 heavy (non-hydrogen) atoms. The fourth-order valence-corrected chi connectivity index (χ4v) is 4.90. The molecule has 1 aliphatic carbocycles. The largest absolute Gasteiger partial charge is 0.360 e. The molecule has 0 N–H and O–H groups in total. The van der Waals surface area contributed by atoms with E-state index in [-0.39, 0.29) is 0 Å². The zero-order valence-corrected chi connectivity index (χ0v) is 15.1. The molecule has 6 heteroatoms. The first kappa shape index (κ1) is 15.6. The van der Waals surface area contributed by atoms with Crippen LogP contribution in [-0.2, 0) is 19.5 Å². The van der Waals surface area contributed by atoms with Crippen molar-refractivity contribution in [2.45, 2.75) is 70.9 Å². The molecule has 0 unspecified atom stereocenters. The predicted molar refractivity (Wildman–Crippen MR) is 93.1 cm³/mol. The number of likely N-dealkylation sites (tertiary alicyclic amines) is 1. The molecule has 6 nitrogen and oxygen atoms in total. The zero-order chi connectivity index (χ0) is 16.9. The molecule has 1 spiro atoms. The van der Waals surface area contributed by atoms with Crippen molar-refractivity contribution in [1.82, 2.24) is 24.8 Å². The molecule has 1 saturated carbocycles. The van der Waals surface area contributed by atoms with Gasteiger partial charge in [0.05, 0.1) is 12.2 Å². The van der Waals surface area contributed by atoms with E-state index in [9.17, 15) is 0 Å². The molecule has 0 aromatic carbocycles. The van der Waals surface area contributed by atoms with Gasteiger partial charge in [-0.1, -0.05) is 11.6 Å². The summed E-state index contributed by atoms with van der Waals surface area (Å²) < 4.78 is 7.83. The van der Waals surface area contributed by atoms with Crippen LogP contribution in [0.2, 0.25) is 0 Å². The quantitative estimate of drug-likeness (QED) is 0.859. The topological polar surface area (TPSA) is 60.0 Å². The fraction of sp³-hybridized carbons (Fsp3) is 0.737. The molecular formula is C19H27N5O. The predicted octanol–water partition coefficient (Wildman–Crippen LogP) is 3.07. The molecule has 0 radical (unpaired) electrons. The van der Waals surface area contributed by atoms with Crippen molar-refractivity contribution in [3.05, 3.63) is 29.2 Å². The van der Waals surface area contributed by atoms with Gasteiger partial charge in [-0.2, -0.15) is 0 Å². The lowest BCUT2D eigenvalue weighted by molar-refractivity contribution is 0.148. The van der Waals surface area contributed by atoms with Crippen molar-refractivity contribution in [2.24, 2.45) is 5.41 Å². The van der Waals surface area contributed by atoms with Gasteiger partial charge in [0, 0.05) is 24.9 Å². The van der Waals surface area contributed by atoms with E-state index in [1.54, 1.807) is 0 Å². The minimum absolute atomic E-state index is 0.490. The van der Waals surface area contributed by atoms with E-state index in [0.29, 0.717) is 11.3 Å². The molecule has 0 amide bonds. The lowest BCUT2D eigenvalue weighted by Crippen LogP contribution is -2.34. The van der Waals surface area contributed by atoms with Gasteiger partial charge in [0.25, 0.3) is 0 Å². The number of hydrogen-bond donors (Lipinski definition) is 0. The molecule has 2 aromatic rings. The van der Waals surface area contributed by atoms with Crippen molar-refractivity contribution in [3.63, 3.8) is 0 Å². The number of hydrogen-bond acceptors (Lipinski definition) is 5. The van der Waals surface area contributed by atoms with E-state index in [0.717, 1.165) is 44.1 Å². The van der Waals surface area contributed by atoms with Gasteiger partial charge in [-0.05, 0) is 57.5 Å². The van der Waals surface area contributed by atoms with E-state index in [2.05, 4.69) is 30.9 Å². The van der Waals surface area contributed by atoms with Crippen LogP contribution >= 0.6 is 0 Å². The molecule has 4 heterocycles. The third kappa shape index (κ3) is 2.80. The average Bonchev–Trinajstić information content (AvgIpc) is 3.05. The first-order valence-electron chi connectivity index (χ1n) is 9.80. The van der Waals surface area contributed by atoms with Gasteiger partial charge in [0.15, 0.2) is 5.76 Å². The molecule has 1 atom stereocenters. The number of nitrogens with zero attached hydrogens (tertiary/aromatic N) is 5. The SMILES string of the molecule is Cc1cc(CN2CCC3(CC2)C[C@H]3c2nnc3n2CCCCC3)on1. The second kappa shape index (κ2) is 5.94. The van der Waals surface area contributed by atoms with Crippen LogP contribution in [0.25, 0.3) is 0 Å². The maximum absolute atomic E-state index is 5.38. The molecule has 2 fully saturated rings. The van der Waals surface area contributed by atoms with Gasteiger partial charge in [0.2, 0.25) is 0 Å². The lowest BCUT2D eigenvalue weighted by Gasteiger charge is -2.32. The highest BCUT2D eigenvalue weighted by atomic mass is 16.5. The molecule has 134 valence electrons. The summed E-state index contributed by atoms with van der Waals surface area (Å²) in [5.74, 6) is 4.15. The van der Waals surface area contributed by atoms with Gasteiger partial charge in [-0.25, -0.2) is 0 Å². The van der Waals surface area contributed by atoms with Gasteiger partial charge in [0.1, 0.15) is 11.6 Å². The zero-order valence-electron chi connectivity index (χ0n) is 15.1. The number of piperidine rings is 1. The molecular weight excluding hydrogens is 314 g/mol. The summed E-state index contributed by atoms with van der Waals surface area (Å²) in [5.41, 5.74) is 1.46. The summed E-state index contributed by atoms with van der Waals surface area (Å²) in [4.78, 5) is 2.50. The monoisotopic (exact) mass is 341 g/mol. The maximum Gasteiger partial charge on any atom is 0.150 e. The number of aromatic nitrogens is 4. The van der Waals surface area contributed by atoms with Crippen molar-refractivity contribution in [1.29, 1.82) is 0 Å². The van der Waals surface area contributed by atoms with Crippen molar-refractivity contribution >= 4 is 0 Å². The van der Waals surface area contributed by atoms with E-state index < -0.39 is 0 Å². The maximum atomic E-state index is 5.38. The summed E-state index contributed by atoms with van der Waals surface area (Å²) in [7, 11) is 0. The molecule has 0 bridgehead atoms. The Labute approximate surface area is 148 Å². The van der Waals surface area contributed by atoms with Gasteiger partial charge < -0.3 is 9.09 Å². The molecule has 3 aliphatic rings. The van der Waals surface area contributed by atoms with E-state index in [1.165, 1.54) is 50.2 Å². The number of aryl methyl sites for hydroxylation is 2. The molecule has 1 saturated heterocycles. The molecule has 5 rings (SSSR count). The van der Waals surface area contributed by atoms with Gasteiger partial charge in [-0.15, -0.1) is 10.2 Å². The Morgan fingerprint density at radius 2 is 2.04 bits per heavy atom. The fourth-order valence-electron chi connectivity index (χ4n) is 4.90. The standard InChI is InChI=1S/C19H27N5O/c1-14-11-15(25-22-14)13-23-9-6-19(7-10-23)12-16(19)18-21-20-17-5-3-2-4-8-24(17)18/h11,16H,2-10,12-13H2,1H3/t16-/m0/s1. The second-order valence-electron chi connectivity index (χ2n) is 8.27. The first-order chi connectivity index (χ1) is 12.2. The second-order valence-corrected chi connectivity index (χ2v) is 8.27. The Balaban J connectivity index is 1.24. The summed E-state index contributed by atoms with van der Waals surface area (Å²) in [5, 5.41) is 13.1. The number of rotatable bonds is 3. The minimum atomic E-state index is 0.490. The van der Waals surface area contributed by atoms with Crippen LogP contribution < -0.4 is 0 Å². The highest BCUT2D eigenvalue weighted by Crippen LogP contribution is 2.64. The van der Waals surface area contributed by atoms with Crippen molar-refractivity contribution in [3.8, 4) is 0 Å². The van der Waals surface area contributed by atoms with Crippen LogP contribution in [0.15, 0.2) is 10.6 Å². The van der Waals surface area contributed by atoms with Crippen molar-refractivity contribution < 1.29 is 4.52 Å². The Morgan fingerprint density at radius 1 is 1.16 bits per heavy atom. The number of fused-ring (bicyclic) bond motifs is 1. The van der Waals surface area contributed by atoms with Crippen LogP contribution in [0.4, 0.5) is 0 Å². The normalized spacial score (nSPS) is 25.7. The Kier molecular flexibility index (Phi) is 3.69. The third-order valence-corrected chi connectivity index (χ3v) is 6.55. The minimum Gasteiger partial charge on any atom is -0.360 e. The van der Waals surface area contributed by atoms with Crippen molar-refractivity contribution in [2.75, 3.05) is 13.1 Å².